The maximum atomic E-state index is 12.4. The van der Waals surface area contributed by atoms with E-state index < -0.39 is 15.9 Å². The first kappa shape index (κ1) is 19.1. The van der Waals surface area contributed by atoms with E-state index in [0.29, 0.717) is 22.7 Å². The molecule has 0 saturated carbocycles. The van der Waals surface area contributed by atoms with Gasteiger partial charge in [-0.25, -0.2) is 8.42 Å². The number of rotatable bonds is 6. The van der Waals surface area contributed by atoms with Crippen LogP contribution in [0.3, 0.4) is 0 Å². The number of carbonyl (C=O) groups is 2. The van der Waals surface area contributed by atoms with Gasteiger partial charge in [0.15, 0.2) is 0 Å². The highest BCUT2D eigenvalue weighted by atomic mass is 32.2. The number of sulfonamides is 1. The Kier molecular flexibility index (Phi) is 5.14. The molecule has 1 heterocycles. The van der Waals surface area contributed by atoms with Crippen LogP contribution in [0.15, 0.2) is 64.1 Å². The average Bonchev–Trinajstić information content (AvgIpc) is 3.09. The molecule has 0 aliphatic carbocycles. The number of nitrogens with two attached hydrogens (primary N) is 1. The van der Waals surface area contributed by atoms with E-state index in [1.165, 1.54) is 42.6 Å². The van der Waals surface area contributed by atoms with E-state index in [-0.39, 0.29) is 16.4 Å². The van der Waals surface area contributed by atoms with Crippen LogP contribution in [0.1, 0.15) is 26.5 Å². The first-order valence-electron chi connectivity index (χ1n) is 8.01. The van der Waals surface area contributed by atoms with Gasteiger partial charge < -0.3 is 15.6 Å². The first-order chi connectivity index (χ1) is 13.3. The molecule has 3 aromatic rings. The lowest BCUT2D eigenvalue weighted by atomic mass is 10.2. The number of anilines is 2. The predicted molar refractivity (Wildman–Crippen MR) is 101 cm³/mol. The maximum absolute atomic E-state index is 12.4. The Morgan fingerprint density at radius 1 is 1.00 bits per heavy atom. The molecule has 10 heteroatoms. The minimum atomic E-state index is -3.84. The summed E-state index contributed by atoms with van der Waals surface area (Å²) < 4.78 is 32.1. The number of benzene rings is 2. The number of nitrogens with one attached hydrogen (secondary N) is 2. The molecule has 2 amide bonds. The highest BCUT2D eigenvalue weighted by molar-refractivity contribution is 7.92. The Morgan fingerprint density at radius 3 is 2.14 bits per heavy atom. The van der Waals surface area contributed by atoms with Gasteiger partial charge in [-0.3, -0.25) is 14.3 Å². The van der Waals surface area contributed by atoms with Crippen molar-refractivity contribution in [2.24, 2.45) is 5.73 Å². The summed E-state index contributed by atoms with van der Waals surface area (Å²) in [7, 11) is -3.84. The Balaban J connectivity index is 1.70. The van der Waals surface area contributed by atoms with E-state index >= 15 is 0 Å². The Morgan fingerprint density at radius 2 is 1.61 bits per heavy atom. The average molecular weight is 400 g/mol. The fraction of sp³-hybridized carbons (Fsp3) is 0.0556. The molecule has 0 unspecified atom stereocenters. The van der Waals surface area contributed by atoms with Crippen molar-refractivity contribution in [1.29, 1.82) is 0 Å². The standard InChI is InChI=1S/C18H16N4O5S/c1-11-16(10-20-27-11)18(24)21-13-4-6-14(7-5-13)22-28(25,26)15-8-2-12(3-9-15)17(19)23/h2-10,22H,1H3,(H2,19,23)(H,21,24). The van der Waals surface area contributed by atoms with Crippen LogP contribution in [0.5, 0.6) is 0 Å². The van der Waals surface area contributed by atoms with Crippen LogP contribution >= 0.6 is 0 Å². The Labute approximate surface area is 160 Å². The zero-order valence-corrected chi connectivity index (χ0v) is 15.5. The zero-order valence-electron chi connectivity index (χ0n) is 14.7. The summed E-state index contributed by atoms with van der Waals surface area (Å²) in [6, 6.07) is 11.4. The number of carbonyl (C=O) groups excluding carboxylic acids is 2. The lowest BCUT2D eigenvalue weighted by Gasteiger charge is -2.10. The molecule has 2 aromatic carbocycles. The lowest BCUT2D eigenvalue weighted by Crippen LogP contribution is -2.15. The molecule has 1 aromatic heterocycles. The molecule has 4 N–H and O–H groups in total. The van der Waals surface area contributed by atoms with Crippen LogP contribution in [0, 0.1) is 6.92 Å². The van der Waals surface area contributed by atoms with Gasteiger partial charge in [0.05, 0.1) is 11.1 Å². The molecule has 0 aliphatic heterocycles. The van der Waals surface area contributed by atoms with Crippen molar-refractivity contribution < 1.29 is 22.5 Å². The summed E-state index contributed by atoms with van der Waals surface area (Å²) in [6.45, 7) is 1.62. The van der Waals surface area contributed by atoms with Gasteiger partial charge in [0.25, 0.3) is 15.9 Å². The molecular weight excluding hydrogens is 384 g/mol. The molecule has 0 saturated heterocycles. The molecule has 9 nitrogen and oxygen atoms in total. The second kappa shape index (κ2) is 7.53. The van der Waals surface area contributed by atoms with Crippen LogP contribution in [-0.2, 0) is 10.0 Å². The van der Waals surface area contributed by atoms with Crippen LogP contribution in [0.4, 0.5) is 11.4 Å². The van der Waals surface area contributed by atoms with Gasteiger partial charge in [0, 0.05) is 16.9 Å². The molecule has 0 radical (unpaired) electrons. The number of amides is 2. The third kappa shape index (κ3) is 4.18. The van der Waals surface area contributed by atoms with Crippen molar-refractivity contribution in [2.45, 2.75) is 11.8 Å². The molecule has 144 valence electrons. The predicted octanol–water partition coefficient (Wildman–Crippen LogP) is 2.14. The number of aryl methyl sites for hydroxylation is 1. The first-order valence-corrected chi connectivity index (χ1v) is 9.50. The highest BCUT2D eigenvalue weighted by Gasteiger charge is 2.16. The third-order valence-corrected chi connectivity index (χ3v) is 5.24. The normalized spacial score (nSPS) is 11.0. The summed E-state index contributed by atoms with van der Waals surface area (Å²) in [5, 5.41) is 6.21. The molecule has 0 spiro atoms. The molecule has 0 aliphatic rings. The van der Waals surface area contributed by atoms with Crippen LogP contribution in [0.25, 0.3) is 0 Å². The fourth-order valence-corrected chi connectivity index (χ4v) is 3.41. The summed E-state index contributed by atoms with van der Waals surface area (Å²) >= 11 is 0. The third-order valence-electron chi connectivity index (χ3n) is 3.84. The lowest BCUT2D eigenvalue weighted by molar-refractivity contribution is 0.0997. The Bertz CT molecular complexity index is 1120. The Hall–Kier alpha value is -3.66. The number of hydrogen-bond acceptors (Lipinski definition) is 6. The maximum Gasteiger partial charge on any atom is 0.261 e. The van der Waals surface area contributed by atoms with E-state index in [4.69, 9.17) is 10.3 Å². The molecule has 3 rings (SSSR count). The summed E-state index contributed by atoms with van der Waals surface area (Å²) in [5.74, 6) is -0.637. The summed E-state index contributed by atoms with van der Waals surface area (Å²) in [5.41, 5.74) is 6.44. The minimum absolute atomic E-state index is 0.0159. The minimum Gasteiger partial charge on any atom is -0.366 e. The van der Waals surface area contributed by atoms with E-state index in [9.17, 15) is 18.0 Å². The molecular formula is C18H16N4O5S. The highest BCUT2D eigenvalue weighted by Crippen LogP contribution is 2.19. The van der Waals surface area contributed by atoms with Crippen LogP contribution in [-0.4, -0.2) is 25.4 Å². The van der Waals surface area contributed by atoms with Gasteiger partial charge in [-0.05, 0) is 55.5 Å². The van der Waals surface area contributed by atoms with Crippen molar-refractivity contribution in [3.63, 3.8) is 0 Å². The van der Waals surface area contributed by atoms with Gasteiger partial charge in [-0.1, -0.05) is 5.16 Å². The van der Waals surface area contributed by atoms with Crippen molar-refractivity contribution >= 4 is 33.2 Å². The second-order valence-corrected chi connectivity index (χ2v) is 7.50. The fourth-order valence-electron chi connectivity index (χ4n) is 2.35. The molecule has 0 atom stereocenters. The van der Waals surface area contributed by atoms with E-state index in [0.717, 1.165) is 0 Å². The van der Waals surface area contributed by atoms with Crippen molar-refractivity contribution in [3.8, 4) is 0 Å². The summed E-state index contributed by atoms with van der Waals surface area (Å²) in [4.78, 5) is 23.2. The van der Waals surface area contributed by atoms with Gasteiger partial charge in [0.2, 0.25) is 5.91 Å². The number of hydrogen-bond donors (Lipinski definition) is 3. The number of primary amides is 1. The van der Waals surface area contributed by atoms with Gasteiger partial charge in [-0.15, -0.1) is 0 Å². The van der Waals surface area contributed by atoms with Crippen molar-refractivity contribution in [2.75, 3.05) is 10.0 Å². The quantitative estimate of drug-likeness (QED) is 0.578. The zero-order chi connectivity index (χ0) is 20.3. The number of nitrogens with zero attached hydrogens (tertiary/aromatic N) is 1. The topological polar surface area (TPSA) is 144 Å². The van der Waals surface area contributed by atoms with Gasteiger partial charge >= 0.3 is 0 Å². The van der Waals surface area contributed by atoms with E-state index in [2.05, 4.69) is 15.2 Å². The van der Waals surface area contributed by atoms with E-state index in [1.807, 2.05) is 0 Å². The molecule has 0 fully saturated rings. The van der Waals surface area contributed by atoms with Crippen molar-refractivity contribution in [3.05, 3.63) is 71.6 Å². The molecule has 0 bridgehead atoms. The van der Waals surface area contributed by atoms with Crippen LogP contribution in [0.2, 0.25) is 0 Å². The van der Waals surface area contributed by atoms with E-state index in [1.54, 1.807) is 19.1 Å². The molecule has 28 heavy (non-hydrogen) atoms. The van der Waals surface area contributed by atoms with Crippen molar-refractivity contribution in [1.82, 2.24) is 5.16 Å². The van der Waals surface area contributed by atoms with Crippen LogP contribution < -0.4 is 15.8 Å². The second-order valence-electron chi connectivity index (χ2n) is 5.82. The smallest absolute Gasteiger partial charge is 0.261 e. The van der Waals surface area contributed by atoms with Gasteiger partial charge in [-0.2, -0.15) is 0 Å². The van der Waals surface area contributed by atoms with Gasteiger partial charge in [0.1, 0.15) is 11.3 Å². The monoisotopic (exact) mass is 400 g/mol. The summed E-state index contributed by atoms with van der Waals surface area (Å²) in [6.07, 6.45) is 1.32. The largest absolute Gasteiger partial charge is 0.366 e. The SMILES string of the molecule is Cc1oncc1C(=O)Nc1ccc(NS(=O)(=O)c2ccc(C(N)=O)cc2)cc1. The number of aromatic nitrogens is 1.